The summed E-state index contributed by atoms with van der Waals surface area (Å²) in [7, 11) is 0. The molecular formula is C15H18N2OS. The van der Waals surface area contributed by atoms with Crippen molar-refractivity contribution in [2.75, 3.05) is 5.73 Å². The molecule has 2 aromatic rings. The summed E-state index contributed by atoms with van der Waals surface area (Å²) in [5.74, 6) is -0.125. The van der Waals surface area contributed by atoms with E-state index in [2.05, 4.69) is 18.3 Å². The molecule has 0 saturated heterocycles. The molecule has 3 N–H and O–H groups in total. The fraction of sp³-hybridized carbons (Fsp3) is 0.267. The molecule has 1 unspecified atom stereocenters. The van der Waals surface area contributed by atoms with Gasteiger partial charge in [-0.2, -0.15) is 0 Å². The van der Waals surface area contributed by atoms with E-state index in [1.54, 1.807) is 17.4 Å². The normalized spacial score (nSPS) is 12.2. The summed E-state index contributed by atoms with van der Waals surface area (Å²) in [5.41, 5.74) is 7.96. The molecule has 0 radical (unpaired) electrons. The Balaban J connectivity index is 2.15. The van der Waals surface area contributed by atoms with E-state index in [1.807, 2.05) is 32.0 Å². The number of benzene rings is 1. The van der Waals surface area contributed by atoms with E-state index in [0.29, 0.717) is 11.3 Å². The second kappa shape index (κ2) is 5.45. The van der Waals surface area contributed by atoms with E-state index < -0.39 is 0 Å². The first-order valence-corrected chi connectivity index (χ1v) is 7.03. The SMILES string of the molecule is Cc1ccc(C(C)NC(=O)c2cccc(C)c2N)s1. The molecule has 0 bridgehead atoms. The molecule has 2 rings (SSSR count). The number of anilines is 1. The van der Waals surface area contributed by atoms with Crippen molar-refractivity contribution in [2.45, 2.75) is 26.8 Å². The molecule has 0 spiro atoms. The number of carbonyl (C=O) groups is 1. The van der Waals surface area contributed by atoms with Crippen LogP contribution in [0.1, 0.15) is 38.6 Å². The Labute approximate surface area is 117 Å². The first-order chi connectivity index (χ1) is 8.99. The molecule has 0 aliphatic rings. The predicted octanol–water partition coefficient (Wildman–Crippen LogP) is 3.44. The van der Waals surface area contributed by atoms with Crippen molar-refractivity contribution >= 4 is 22.9 Å². The molecule has 1 aromatic heterocycles. The highest BCUT2D eigenvalue weighted by Crippen LogP contribution is 2.23. The number of amides is 1. The van der Waals surface area contributed by atoms with Crippen LogP contribution in [0.25, 0.3) is 0 Å². The van der Waals surface area contributed by atoms with Gasteiger partial charge in [0, 0.05) is 15.4 Å². The van der Waals surface area contributed by atoms with Crippen LogP contribution in [-0.4, -0.2) is 5.91 Å². The molecule has 1 atom stereocenters. The maximum absolute atomic E-state index is 12.2. The van der Waals surface area contributed by atoms with Crippen molar-refractivity contribution < 1.29 is 4.79 Å². The highest BCUT2D eigenvalue weighted by Gasteiger charge is 2.15. The Morgan fingerprint density at radius 1 is 1.26 bits per heavy atom. The summed E-state index contributed by atoms with van der Waals surface area (Å²) >= 11 is 1.69. The summed E-state index contributed by atoms with van der Waals surface area (Å²) in [5, 5.41) is 2.99. The summed E-state index contributed by atoms with van der Waals surface area (Å²) in [6.45, 7) is 5.94. The van der Waals surface area contributed by atoms with Crippen LogP contribution in [0.15, 0.2) is 30.3 Å². The van der Waals surface area contributed by atoms with E-state index in [0.717, 1.165) is 10.4 Å². The van der Waals surface area contributed by atoms with E-state index >= 15 is 0 Å². The van der Waals surface area contributed by atoms with Gasteiger partial charge in [-0.1, -0.05) is 12.1 Å². The van der Waals surface area contributed by atoms with Gasteiger partial charge in [-0.3, -0.25) is 4.79 Å². The molecule has 4 heteroatoms. The monoisotopic (exact) mass is 274 g/mol. The lowest BCUT2D eigenvalue weighted by Crippen LogP contribution is -2.27. The summed E-state index contributed by atoms with van der Waals surface area (Å²) in [6, 6.07) is 9.60. The van der Waals surface area contributed by atoms with Gasteiger partial charge in [0.25, 0.3) is 5.91 Å². The van der Waals surface area contributed by atoms with Gasteiger partial charge in [0.2, 0.25) is 0 Å². The summed E-state index contributed by atoms with van der Waals surface area (Å²) in [6.07, 6.45) is 0. The number of hydrogen-bond acceptors (Lipinski definition) is 3. The molecule has 0 saturated carbocycles. The Bertz CT molecular complexity index is 604. The van der Waals surface area contributed by atoms with Crippen LogP contribution in [0, 0.1) is 13.8 Å². The van der Waals surface area contributed by atoms with Crippen LogP contribution in [-0.2, 0) is 0 Å². The molecule has 100 valence electrons. The minimum Gasteiger partial charge on any atom is -0.398 e. The molecule has 0 aliphatic carbocycles. The molecule has 1 amide bonds. The maximum Gasteiger partial charge on any atom is 0.253 e. The van der Waals surface area contributed by atoms with Crippen molar-refractivity contribution in [3.05, 3.63) is 51.2 Å². The molecule has 19 heavy (non-hydrogen) atoms. The van der Waals surface area contributed by atoms with E-state index in [1.165, 1.54) is 4.88 Å². The number of thiophene rings is 1. The van der Waals surface area contributed by atoms with E-state index in [4.69, 9.17) is 5.73 Å². The zero-order chi connectivity index (χ0) is 14.0. The van der Waals surface area contributed by atoms with Crippen LogP contribution in [0.3, 0.4) is 0 Å². The number of nitrogen functional groups attached to an aromatic ring is 1. The van der Waals surface area contributed by atoms with Crippen molar-refractivity contribution in [1.82, 2.24) is 5.32 Å². The first-order valence-electron chi connectivity index (χ1n) is 6.21. The minimum atomic E-state index is -0.125. The average molecular weight is 274 g/mol. The average Bonchev–Trinajstić information content (AvgIpc) is 2.79. The largest absolute Gasteiger partial charge is 0.398 e. The maximum atomic E-state index is 12.2. The van der Waals surface area contributed by atoms with Crippen LogP contribution < -0.4 is 11.1 Å². The Morgan fingerprint density at radius 3 is 2.63 bits per heavy atom. The van der Waals surface area contributed by atoms with Crippen molar-refractivity contribution in [3.63, 3.8) is 0 Å². The summed E-state index contributed by atoms with van der Waals surface area (Å²) < 4.78 is 0. The number of para-hydroxylation sites is 1. The smallest absolute Gasteiger partial charge is 0.253 e. The van der Waals surface area contributed by atoms with Gasteiger partial charge in [0.1, 0.15) is 0 Å². The Kier molecular flexibility index (Phi) is 3.90. The Hall–Kier alpha value is -1.81. The second-order valence-electron chi connectivity index (χ2n) is 4.68. The molecule has 1 aromatic carbocycles. The van der Waals surface area contributed by atoms with Gasteiger partial charge in [-0.25, -0.2) is 0 Å². The van der Waals surface area contributed by atoms with E-state index in [9.17, 15) is 4.79 Å². The van der Waals surface area contributed by atoms with Crippen molar-refractivity contribution in [2.24, 2.45) is 0 Å². The molecule has 3 nitrogen and oxygen atoms in total. The third-order valence-corrected chi connectivity index (χ3v) is 4.29. The number of rotatable bonds is 3. The number of carbonyl (C=O) groups excluding carboxylic acids is 1. The lowest BCUT2D eigenvalue weighted by atomic mass is 10.1. The number of nitrogens with one attached hydrogen (secondary N) is 1. The fourth-order valence-electron chi connectivity index (χ4n) is 1.91. The number of nitrogens with two attached hydrogens (primary N) is 1. The van der Waals surface area contributed by atoms with Gasteiger partial charge < -0.3 is 11.1 Å². The Morgan fingerprint density at radius 2 is 2.00 bits per heavy atom. The zero-order valence-corrected chi connectivity index (χ0v) is 12.2. The van der Waals surface area contributed by atoms with Gasteiger partial charge in [0.15, 0.2) is 0 Å². The van der Waals surface area contributed by atoms with Crippen LogP contribution in [0.4, 0.5) is 5.69 Å². The quantitative estimate of drug-likeness (QED) is 0.842. The molecule has 1 heterocycles. The first kappa shape index (κ1) is 13.6. The molecule has 0 aliphatic heterocycles. The van der Waals surface area contributed by atoms with Crippen LogP contribution in [0.5, 0.6) is 0 Å². The number of aryl methyl sites for hydroxylation is 2. The van der Waals surface area contributed by atoms with Crippen molar-refractivity contribution in [1.29, 1.82) is 0 Å². The lowest BCUT2D eigenvalue weighted by molar-refractivity contribution is 0.0941. The number of hydrogen-bond donors (Lipinski definition) is 2. The van der Waals surface area contributed by atoms with Crippen molar-refractivity contribution in [3.8, 4) is 0 Å². The zero-order valence-electron chi connectivity index (χ0n) is 11.4. The van der Waals surface area contributed by atoms with Gasteiger partial charge in [-0.05, 0) is 44.5 Å². The predicted molar refractivity (Wildman–Crippen MR) is 80.5 cm³/mol. The third kappa shape index (κ3) is 2.96. The highest BCUT2D eigenvalue weighted by molar-refractivity contribution is 7.12. The van der Waals surface area contributed by atoms with Gasteiger partial charge in [-0.15, -0.1) is 11.3 Å². The lowest BCUT2D eigenvalue weighted by Gasteiger charge is -2.14. The second-order valence-corrected chi connectivity index (χ2v) is 6.00. The van der Waals surface area contributed by atoms with Crippen LogP contribution >= 0.6 is 11.3 Å². The highest BCUT2D eigenvalue weighted by atomic mass is 32.1. The fourth-order valence-corrected chi connectivity index (χ4v) is 2.79. The van der Waals surface area contributed by atoms with E-state index in [-0.39, 0.29) is 11.9 Å². The van der Waals surface area contributed by atoms with Gasteiger partial charge in [0.05, 0.1) is 11.6 Å². The molecule has 0 fully saturated rings. The topological polar surface area (TPSA) is 55.1 Å². The molecular weight excluding hydrogens is 256 g/mol. The van der Waals surface area contributed by atoms with Gasteiger partial charge >= 0.3 is 0 Å². The summed E-state index contributed by atoms with van der Waals surface area (Å²) in [4.78, 5) is 14.6. The van der Waals surface area contributed by atoms with Crippen LogP contribution in [0.2, 0.25) is 0 Å². The third-order valence-electron chi connectivity index (χ3n) is 3.10. The minimum absolute atomic E-state index is 0.00823. The standard InChI is InChI=1S/C15H18N2OS/c1-9-5-4-6-12(14(9)16)15(18)17-11(3)13-8-7-10(2)19-13/h4-8,11H,16H2,1-3H3,(H,17,18).